The third-order valence-corrected chi connectivity index (χ3v) is 3.53. The Balaban J connectivity index is 1.88. The fourth-order valence-corrected chi connectivity index (χ4v) is 2.34. The van der Waals surface area contributed by atoms with Gasteiger partial charge < -0.3 is 14.5 Å². The lowest BCUT2D eigenvalue weighted by molar-refractivity contribution is 0.340. The lowest BCUT2D eigenvalue weighted by Crippen LogP contribution is -1.93. The van der Waals surface area contributed by atoms with Crippen LogP contribution in [0.4, 0.5) is 11.6 Å². The average Bonchev–Trinajstić information content (AvgIpc) is 3.00. The van der Waals surface area contributed by atoms with Gasteiger partial charge in [0.15, 0.2) is 0 Å². The monoisotopic (exact) mass is 319 g/mol. The molecule has 0 aliphatic rings. The zero-order chi connectivity index (χ0) is 16.9. The standard InChI is InChI=1S/C19H17N3O2/c1-3-23-15-10-8-14(9-11-15)21-19-17(12-20)22-18(24-19)16-7-5-4-6-13(16)2/h4-11,21H,3H2,1-2H3. The average molecular weight is 319 g/mol. The van der Waals surface area contributed by atoms with E-state index >= 15 is 0 Å². The van der Waals surface area contributed by atoms with E-state index in [1.165, 1.54) is 0 Å². The number of nitriles is 1. The lowest BCUT2D eigenvalue weighted by Gasteiger charge is -2.06. The highest BCUT2D eigenvalue weighted by Gasteiger charge is 2.15. The van der Waals surface area contributed by atoms with E-state index in [9.17, 15) is 5.26 Å². The molecule has 0 saturated heterocycles. The van der Waals surface area contributed by atoms with E-state index in [1.807, 2.05) is 62.4 Å². The Bertz CT molecular complexity index is 876. The van der Waals surface area contributed by atoms with Crippen molar-refractivity contribution in [2.75, 3.05) is 11.9 Å². The Morgan fingerprint density at radius 1 is 1.17 bits per heavy atom. The van der Waals surface area contributed by atoms with E-state index in [2.05, 4.69) is 16.4 Å². The number of nitrogens with one attached hydrogen (secondary N) is 1. The van der Waals surface area contributed by atoms with Gasteiger partial charge in [0.1, 0.15) is 11.8 Å². The third kappa shape index (κ3) is 3.23. The summed E-state index contributed by atoms with van der Waals surface area (Å²) in [6.45, 7) is 4.53. The molecule has 1 aromatic heterocycles. The molecule has 120 valence electrons. The molecule has 3 rings (SSSR count). The smallest absolute Gasteiger partial charge is 0.236 e. The lowest BCUT2D eigenvalue weighted by atomic mass is 10.1. The number of ether oxygens (including phenoxy) is 1. The predicted octanol–water partition coefficient (Wildman–Crippen LogP) is 4.66. The topological polar surface area (TPSA) is 71.1 Å². The number of aryl methyl sites for hydroxylation is 1. The molecule has 2 aromatic carbocycles. The van der Waals surface area contributed by atoms with Crippen LogP contribution in [0.15, 0.2) is 52.9 Å². The maximum Gasteiger partial charge on any atom is 0.236 e. The van der Waals surface area contributed by atoms with Gasteiger partial charge in [-0.25, -0.2) is 0 Å². The van der Waals surface area contributed by atoms with Crippen LogP contribution in [0.25, 0.3) is 11.5 Å². The molecule has 1 heterocycles. The molecule has 0 aliphatic heterocycles. The van der Waals surface area contributed by atoms with Crippen molar-refractivity contribution in [3.8, 4) is 23.3 Å². The molecule has 0 fully saturated rings. The van der Waals surface area contributed by atoms with Gasteiger partial charge in [0.25, 0.3) is 0 Å². The van der Waals surface area contributed by atoms with Crippen LogP contribution in [0.3, 0.4) is 0 Å². The quantitative estimate of drug-likeness (QED) is 0.740. The van der Waals surface area contributed by atoms with Gasteiger partial charge in [-0.1, -0.05) is 18.2 Å². The highest BCUT2D eigenvalue weighted by atomic mass is 16.5. The molecule has 24 heavy (non-hydrogen) atoms. The molecule has 0 amide bonds. The first-order valence-electron chi connectivity index (χ1n) is 7.68. The number of anilines is 2. The minimum absolute atomic E-state index is 0.224. The molecule has 3 aromatic rings. The Morgan fingerprint density at radius 2 is 1.92 bits per heavy atom. The fourth-order valence-electron chi connectivity index (χ4n) is 2.34. The second-order valence-electron chi connectivity index (χ2n) is 5.21. The van der Waals surface area contributed by atoms with Gasteiger partial charge in [0.05, 0.1) is 6.61 Å². The second kappa shape index (κ2) is 6.88. The third-order valence-electron chi connectivity index (χ3n) is 3.53. The number of oxazole rings is 1. The minimum atomic E-state index is 0.224. The van der Waals surface area contributed by atoms with Crippen molar-refractivity contribution >= 4 is 11.6 Å². The molecular weight excluding hydrogens is 302 g/mol. The van der Waals surface area contributed by atoms with Crippen molar-refractivity contribution in [1.82, 2.24) is 4.98 Å². The molecule has 0 aliphatic carbocycles. The van der Waals surface area contributed by atoms with E-state index in [0.717, 1.165) is 22.6 Å². The van der Waals surface area contributed by atoms with Gasteiger partial charge in [0.2, 0.25) is 17.5 Å². The van der Waals surface area contributed by atoms with Gasteiger partial charge in [-0.2, -0.15) is 10.2 Å². The molecule has 0 spiro atoms. The number of hydrogen-bond acceptors (Lipinski definition) is 5. The Kier molecular flexibility index (Phi) is 4.48. The maximum atomic E-state index is 9.31. The van der Waals surface area contributed by atoms with E-state index in [1.54, 1.807) is 0 Å². The van der Waals surface area contributed by atoms with E-state index < -0.39 is 0 Å². The van der Waals surface area contributed by atoms with Crippen molar-refractivity contribution in [2.24, 2.45) is 0 Å². The Labute approximate surface area is 140 Å². The van der Waals surface area contributed by atoms with Crippen molar-refractivity contribution < 1.29 is 9.15 Å². The van der Waals surface area contributed by atoms with Crippen LogP contribution in [0.2, 0.25) is 0 Å². The molecule has 1 N–H and O–H groups in total. The summed E-state index contributed by atoms with van der Waals surface area (Å²) < 4.78 is 11.2. The van der Waals surface area contributed by atoms with Crippen molar-refractivity contribution in [2.45, 2.75) is 13.8 Å². The molecule has 5 nitrogen and oxygen atoms in total. The highest BCUT2D eigenvalue weighted by Crippen LogP contribution is 2.29. The molecule has 0 saturated carbocycles. The molecule has 5 heteroatoms. The minimum Gasteiger partial charge on any atom is -0.494 e. The number of aromatic nitrogens is 1. The van der Waals surface area contributed by atoms with E-state index in [4.69, 9.17) is 9.15 Å². The first kappa shape index (κ1) is 15.6. The zero-order valence-electron chi connectivity index (χ0n) is 13.5. The summed E-state index contributed by atoms with van der Waals surface area (Å²) in [5.74, 6) is 1.56. The van der Waals surface area contributed by atoms with Crippen LogP contribution >= 0.6 is 0 Å². The number of nitrogens with zero attached hydrogens (tertiary/aromatic N) is 2. The maximum absolute atomic E-state index is 9.31. The number of rotatable bonds is 5. The van der Waals surface area contributed by atoms with E-state index in [0.29, 0.717) is 18.4 Å². The van der Waals surface area contributed by atoms with Gasteiger partial charge in [-0.05, 0) is 49.7 Å². The number of benzene rings is 2. The SMILES string of the molecule is CCOc1ccc(Nc2oc(-c3ccccc3C)nc2C#N)cc1. The van der Waals surface area contributed by atoms with Crippen LogP contribution < -0.4 is 10.1 Å². The predicted molar refractivity (Wildman–Crippen MR) is 92.3 cm³/mol. The summed E-state index contributed by atoms with van der Waals surface area (Å²) in [5.41, 5.74) is 2.93. The van der Waals surface area contributed by atoms with Crippen molar-refractivity contribution in [3.05, 3.63) is 59.8 Å². The Morgan fingerprint density at radius 3 is 2.58 bits per heavy atom. The summed E-state index contributed by atoms with van der Waals surface area (Å²) in [6, 6.07) is 17.3. The fraction of sp³-hybridized carbons (Fsp3) is 0.158. The highest BCUT2D eigenvalue weighted by molar-refractivity contribution is 5.65. The molecule has 0 radical (unpaired) electrons. The summed E-state index contributed by atoms with van der Waals surface area (Å²) >= 11 is 0. The summed E-state index contributed by atoms with van der Waals surface area (Å²) in [6.07, 6.45) is 0. The summed E-state index contributed by atoms with van der Waals surface area (Å²) in [4.78, 5) is 4.29. The van der Waals surface area contributed by atoms with Crippen LogP contribution in [0, 0.1) is 18.3 Å². The molecule has 0 atom stereocenters. The number of hydrogen-bond donors (Lipinski definition) is 1. The van der Waals surface area contributed by atoms with E-state index in [-0.39, 0.29) is 5.69 Å². The molecular formula is C19H17N3O2. The van der Waals surface area contributed by atoms with Crippen LogP contribution in [-0.4, -0.2) is 11.6 Å². The van der Waals surface area contributed by atoms with Crippen LogP contribution in [0.5, 0.6) is 5.75 Å². The summed E-state index contributed by atoms with van der Waals surface area (Å²) in [5, 5.41) is 12.4. The van der Waals surface area contributed by atoms with Crippen LogP contribution in [0.1, 0.15) is 18.2 Å². The van der Waals surface area contributed by atoms with Gasteiger partial charge >= 0.3 is 0 Å². The van der Waals surface area contributed by atoms with Gasteiger partial charge in [0, 0.05) is 11.3 Å². The van der Waals surface area contributed by atoms with Crippen molar-refractivity contribution in [1.29, 1.82) is 5.26 Å². The van der Waals surface area contributed by atoms with Crippen LogP contribution in [-0.2, 0) is 0 Å². The zero-order valence-corrected chi connectivity index (χ0v) is 13.5. The second-order valence-corrected chi connectivity index (χ2v) is 5.21. The normalized spacial score (nSPS) is 10.2. The summed E-state index contributed by atoms with van der Waals surface area (Å²) in [7, 11) is 0. The first-order valence-corrected chi connectivity index (χ1v) is 7.68. The largest absolute Gasteiger partial charge is 0.494 e. The molecule has 0 bridgehead atoms. The van der Waals surface area contributed by atoms with Gasteiger partial charge in [-0.15, -0.1) is 0 Å². The van der Waals surface area contributed by atoms with Crippen molar-refractivity contribution in [3.63, 3.8) is 0 Å². The molecule has 0 unspecified atom stereocenters. The first-order chi connectivity index (χ1) is 11.7. The Hall–Kier alpha value is -3.26. The van der Waals surface area contributed by atoms with Gasteiger partial charge in [-0.3, -0.25) is 0 Å².